The molecule has 0 N–H and O–H groups in total. The highest BCUT2D eigenvalue weighted by molar-refractivity contribution is 5.71. The molecule has 6 nitrogen and oxygen atoms in total. The minimum absolute atomic E-state index is 0.0878. The molecule has 0 aromatic carbocycles. The molecule has 0 spiro atoms. The lowest BCUT2D eigenvalue weighted by Crippen LogP contribution is -2.30. The largest absolute Gasteiger partial charge is 0.462 e. The van der Waals surface area contributed by atoms with Gasteiger partial charge in [0.1, 0.15) is 13.2 Å². The highest BCUT2D eigenvalue weighted by atomic mass is 16.6. The van der Waals surface area contributed by atoms with Gasteiger partial charge in [-0.25, -0.2) is 0 Å². The van der Waals surface area contributed by atoms with E-state index in [1.807, 2.05) is 0 Å². The van der Waals surface area contributed by atoms with Crippen molar-refractivity contribution in [3.63, 3.8) is 0 Å². The van der Waals surface area contributed by atoms with Gasteiger partial charge in [0.15, 0.2) is 6.10 Å². The van der Waals surface area contributed by atoms with Crippen LogP contribution in [-0.4, -0.2) is 37.2 Å². The third-order valence-corrected chi connectivity index (χ3v) is 10.7. The van der Waals surface area contributed by atoms with Gasteiger partial charge in [-0.1, -0.05) is 203 Å². The van der Waals surface area contributed by atoms with Crippen molar-refractivity contribution >= 4 is 17.9 Å². The second-order valence-electron chi connectivity index (χ2n) is 16.7. The van der Waals surface area contributed by atoms with Crippen LogP contribution in [0.25, 0.3) is 0 Å². The van der Waals surface area contributed by atoms with Crippen molar-refractivity contribution < 1.29 is 28.6 Å². The fourth-order valence-corrected chi connectivity index (χ4v) is 6.87. The average Bonchev–Trinajstić information content (AvgIpc) is 3.26. The van der Waals surface area contributed by atoms with E-state index >= 15 is 0 Å². The van der Waals surface area contributed by atoms with E-state index in [-0.39, 0.29) is 31.1 Å². The molecule has 350 valence electrons. The van der Waals surface area contributed by atoms with E-state index < -0.39 is 6.10 Å². The molecule has 0 saturated heterocycles. The van der Waals surface area contributed by atoms with Crippen molar-refractivity contribution in [3.8, 4) is 0 Å². The van der Waals surface area contributed by atoms with Crippen molar-refractivity contribution in [3.05, 3.63) is 72.9 Å². The number of rotatable bonds is 45. The zero-order valence-electron chi connectivity index (χ0n) is 39.9. The number of carbonyl (C=O) groups excluding carboxylic acids is 3. The fourth-order valence-electron chi connectivity index (χ4n) is 6.87. The first-order valence-corrected chi connectivity index (χ1v) is 25.4. The van der Waals surface area contributed by atoms with E-state index in [9.17, 15) is 14.4 Å². The van der Waals surface area contributed by atoms with Gasteiger partial charge in [0.05, 0.1) is 0 Å². The normalized spacial score (nSPS) is 12.6. The quantitative estimate of drug-likeness (QED) is 0.0263. The first kappa shape index (κ1) is 57.9. The number of hydrogen-bond donors (Lipinski definition) is 0. The number of allylic oxidation sites excluding steroid dienone is 12. The van der Waals surface area contributed by atoms with Crippen LogP contribution < -0.4 is 0 Å². The molecular weight excluding hydrogens is 757 g/mol. The lowest BCUT2D eigenvalue weighted by molar-refractivity contribution is -0.167. The van der Waals surface area contributed by atoms with Crippen LogP contribution in [0.15, 0.2) is 72.9 Å². The third kappa shape index (κ3) is 47.7. The standard InChI is InChI=1S/C55H94O6/c1-4-7-10-13-15-17-19-21-23-25-27-29-31-33-35-37-39-42-45-48-54(57)60-51-52(50-59-53(56)47-44-41-12-9-6-3)61-55(58)49-46-43-40-38-36-34-32-30-28-26-24-22-20-18-16-14-11-8-5-2/h7,10,15,17,21-24,27,29,33,35,52H,4-6,8-9,11-14,16,18-20,25-26,28,30-32,34,36-51H2,1-3H3/b10-7-,17-15-,23-21-,24-22-,29-27-,35-33-. The molecule has 1 unspecified atom stereocenters. The monoisotopic (exact) mass is 851 g/mol. The summed E-state index contributed by atoms with van der Waals surface area (Å²) in [4.78, 5) is 37.6. The number of esters is 3. The fraction of sp³-hybridized carbons (Fsp3) is 0.727. The lowest BCUT2D eigenvalue weighted by Gasteiger charge is -2.18. The molecule has 0 aliphatic rings. The maximum absolute atomic E-state index is 12.7. The molecule has 6 heteroatoms. The van der Waals surface area contributed by atoms with Crippen LogP contribution >= 0.6 is 0 Å². The summed E-state index contributed by atoms with van der Waals surface area (Å²) in [6.45, 7) is 6.41. The lowest BCUT2D eigenvalue weighted by atomic mass is 10.1. The summed E-state index contributed by atoms with van der Waals surface area (Å²) in [5.41, 5.74) is 0. The van der Waals surface area contributed by atoms with Crippen LogP contribution in [0.5, 0.6) is 0 Å². The summed E-state index contributed by atoms with van der Waals surface area (Å²) in [5.74, 6) is -0.937. The molecule has 61 heavy (non-hydrogen) atoms. The molecule has 1 atom stereocenters. The van der Waals surface area contributed by atoms with Crippen molar-refractivity contribution in [2.24, 2.45) is 0 Å². The summed E-state index contributed by atoms with van der Waals surface area (Å²) < 4.78 is 16.6. The minimum atomic E-state index is -0.786. The van der Waals surface area contributed by atoms with Gasteiger partial charge in [0.25, 0.3) is 0 Å². The predicted octanol–water partition coefficient (Wildman–Crippen LogP) is 16.6. The van der Waals surface area contributed by atoms with E-state index in [1.54, 1.807) is 0 Å². The molecule has 0 aliphatic heterocycles. The summed E-state index contributed by atoms with van der Waals surface area (Å²) in [6.07, 6.45) is 62.1. The van der Waals surface area contributed by atoms with Crippen LogP contribution in [0.3, 0.4) is 0 Å². The Morgan fingerprint density at radius 2 is 0.639 bits per heavy atom. The van der Waals surface area contributed by atoms with Gasteiger partial charge in [-0.15, -0.1) is 0 Å². The Bertz CT molecular complexity index is 1160. The summed E-state index contributed by atoms with van der Waals surface area (Å²) >= 11 is 0. The highest BCUT2D eigenvalue weighted by Crippen LogP contribution is 2.14. The van der Waals surface area contributed by atoms with Crippen molar-refractivity contribution in [2.75, 3.05) is 13.2 Å². The number of carbonyl (C=O) groups is 3. The summed E-state index contributed by atoms with van der Waals surface area (Å²) in [7, 11) is 0. The Morgan fingerprint density at radius 1 is 0.344 bits per heavy atom. The topological polar surface area (TPSA) is 78.9 Å². The second-order valence-corrected chi connectivity index (χ2v) is 16.7. The van der Waals surface area contributed by atoms with Gasteiger partial charge >= 0.3 is 17.9 Å². The van der Waals surface area contributed by atoms with Gasteiger partial charge in [-0.3, -0.25) is 14.4 Å². The van der Waals surface area contributed by atoms with Crippen LogP contribution in [0.4, 0.5) is 0 Å². The number of ether oxygens (including phenoxy) is 3. The molecule has 0 rings (SSSR count). The SMILES string of the molecule is CC/C=C\C/C=C\C/C=C\C/C=C\C/C=C\CCCCCC(=O)OCC(COC(=O)CCCCCCC)OC(=O)CCCCCCCCCCC/C=C\CCCCCCCC. The molecule has 0 aromatic heterocycles. The number of hydrogen-bond acceptors (Lipinski definition) is 6. The molecule has 0 heterocycles. The first-order valence-electron chi connectivity index (χ1n) is 25.4. The Morgan fingerprint density at radius 3 is 1.03 bits per heavy atom. The van der Waals surface area contributed by atoms with Crippen LogP contribution in [0.2, 0.25) is 0 Å². The molecule has 0 fully saturated rings. The molecule has 0 aromatic rings. The molecular formula is C55H94O6. The molecule has 0 saturated carbocycles. The van der Waals surface area contributed by atoms with Gasteiger partial charge in [0.2, 0.25) is 0 Å². The smallest absolute Gasteiger partial charge is 0.306 e. The zero-order valence-corrected chi connectivity index (χ0v) is 39.9. The Labute approximate surface area is 376 Å². The van der Waals surface area contributed by atoms with E-state index in [0.29, 0.717) is 19.3 Å². The molecule has 0 amide bonds. The Balaban J connectivity index is 4.23. The Kier molecular flexibility index (Phi) is 46.9. The van der Waals surface area contributed by atoms with Gasteiger partial charge in [-0.05, 0) is 89.9 Å². The van der Waals surface area contributed by atoms with E-state index in [4.69, 9.17) is 14.2 Å². The van der Waals surface area contributed by atoms with Crippen molar-refractivity contribution in [1.29, 1.82) is 0 Å². The minimum Gasteiger partial charge on any atom is -0.462 e. The second kappa shape index (κ2) is 49.5. The van der Waals surface area contributed by atoms with Crippen molar-refractivity contribution in [1.82, 2.24) is 0 Å². The van der Waals surface area contributed by atoms with Crippen molar-refractivity contribution in [2.45, 2.75) is 245 Å². The molecule has 0 bridgehead atoms. The average molecular weight is 851 g/mol. The van der Waals surface area contributed by atoms with E-state index in [1.165, 1.54) is 96.3 Å². The molecule has 0 aliphatic carbocycles. The van der Waals surface area contributed by atoms with E-state index in [0.717, 1.165) is 103 Å². The highest BCUT2D eigenvalue weighted by Gasteiger charge is 2.19. The first-order chi connectivity index (χ1) is 30.0. The van der Waals surface area contributed by atoms with E-state index in [2.05, 4.69) is 93.7 Å². The maximum atomic E-state index is 12.7. The third-order valence-electron chi connectivity index (χ3n) is 10.7. The van der Waals surface area contributed by atoms with Gasteiger partial charge < -0.3 is 14.2 Å². The van der Waals surface area contributed by atoms with Gasteiger partial charge in [-0.2, -0.15) is 0 Å². The molecule has 0 radical (unpaired) electrons. The Hall–Kier alpha value is -3.15. The van der Waals surface area contributed by atoms with Crippen LogP contribution in [-0.2, 0) is 28.6 Å². The van der Waals surface area contributed by atoms with Gasteiger partial charge in [0, 0.05) is 19.3 Å². The zero-order chi connectivity index (χ0) is 44.4. The summed E-state index contributed by atoms with van der Waals surface area (Å²) in [5, 5.41) is 0. The maximum Gasteiger partial charge on any atom is 0.306 e. The van der Waals surface area contributed by atoms with Crippen LogP contribution in [0, 0.1) is 0 Å². The predicted molar refractivity (Wildman–Crippen MR) is 261 cm³/mol. The number of unbranched alkanes of at least 4 members (excludes halogenated alkanes) is 22. The van der Waals surface area contributed by atoms with Crippen LogP contribution in [0.1, 0.15) is 239 Å². The summed E-state index contributed by atoms with van der Waals surface area (Å²) in [6, 6.07) is 0.